The van der Waals surface area contributed by atoms with Crippen molar-refractivity contribution >= 4 is 29.5 Å². The van der Waals surface area contributed by atoms with E-state index in [1.165, 1.54) is 18.2 Å². The van der Waals surface area contributed by atoms with Crippen LogP contribution in [0, 0.1) is 0 Å². The van der Waals surface area contributed by atoms with Gasteiger partial charge in [-0.3, -0.25) is 4.79 Å². The van der Waals surface area contributed by atoms with Crippen LogP contribution in [0.25, 0.3) is 11.0 Å². The first-order valence-corrected chi connectivity index (χ1v) is 11.2. The molecule has 1 atom stereocenters. The van der Waals surface area contributed by atoms with Gasteiger partial charge < -0.3 is 24.3 Å². The summed E-state index contributed by atoms with van der Waals surface area (Å²) in [5, 5.41) is 0. The zero-order valence-corrected chi connectivity index (χ0v) is 19.5. The minimum absolute atomic E-state index is 0. The average Bonchev–Trinajstić information content (AvgIpc) is 3.37. The van der Waals surface area contributed by atoms with Gasteiger partial charge in [0.2, 0.25) is 5.91 Å². The lowest BCUT2D eigenvalue weighted by molar-refractivity contribution is -0.0507. The van der Waals surface area contributed by atoms with Crippen LogP contribution in [0.2, 0.25) is 0 Å². The summed E-state index contributed by atoms with van der Waals surface area (Å²) in [7, 11) is -0.559. The van der Waals surface area contributed by atoms with E-state index in [0.29, 0.717) is 18.4 Å². The summed E-state index contributed by atoms with van der Waals surface area (Å²) in [6, 6.07) is 9.78. The largest absolute Gasteiger partial charge is 0.494 e. The number of aryl methyl sites for hydroxylation is 1. The van der Waals surface area contributed by atoms with Gasteiger partial charge in [0.25, 0.3) is 0 Å². The number of benzene rings is 2. The number of nitrogens with two attached hydrogens (primary N) is 1. The van der Waals surface area contributed by atoms with Crippen LogP contribution in [-0.4, -0.2) is 40.4 Å². The van der Waals surface area contributed by atoms with Gasteiger partial charge in [-0.05, 0) is 63.8 Å². The Balaban J connectivity index is 0.00000289. The number of halogens is 2. The van der Waals surface area contributed by atoms with E-state index < -0.39 is 36.9 Å². The summed E-state index contributed by atoms with van der Waals surface area (Å²) in [6.07, 6.45) is 1.19. The average molecular weight is 471 g/mol. The normalized spacial score (nSPS) is 20.8. The van der Waals surface area contributed by atoms with Crippen LogP contribution in [0.4, 0.5) is 8.78 Å². The van der Waals surface area contributed by atoms with E-state index in [1.54, 1.807) is 0 Å². The van der Waals surface area contributed by atoms with Gasteiger partial charge >= 0.3 is 13.7 Å². The van der Waals surface area contributed by atoms with Crippen LogP contribution in [0.5, 0.6) is 5.75 Å². The van der Waals surface area contributed by atoms with E-state index in [0.717, 1.165) is 22.3 Å². The predicted molar refractivity (Wildman–Crippen MR) is 126 cm³/mol. The van der Waals surface area contributed by atoms with Crippen LogP contribution < -0.4 is 15.9 Å². The second-order valence-corrected chi connectivity index (χ2v) is 9.75. The van der Waals surface area contributed by atoms with Gasteiger partial charge in [-0.2, -0.15) is 8.78 Å². The topological polar surface area (TPSA) is 88.6 Å². The molecule has 34 heavy (non-hydrogen) atoms. The highest BCUT2D eigenvalue weighted by Gasteiger charge is 2.51. The van der Waals surface area contributed by atoms with E-state index in [4.69, 9.17) is 24.8 Å². The molecule has 3 aromatic rings. The standard InChI is InChI=1S/C24H26BF2N3O4.H2/c1-23(2)24(3,4)34-25(33-23)13-8-9-15-17(12-13)30-16(10-11-19(30)29-15)20-14(21(28)31)6-5-7-18(20)32-22(26)27;/h5-9,12,16,22H,10-11H2,1-4H3,(H2,28,31);1H/t16-;/m1./s1. The zero-order chi connectivity index (χ0) is 24.4. The first kappa shape index (κ1) is 22.8. The SMILES string of the molecule is CC1(C)OB(c2ccc3nc4n(c3c2)[C@@H](c2c(OC(F)F)cccc2C(N)=O)CC4)OC1(C)C.[HH]. The highest BCUT2D eigenvalue weighted by Crippen LogP contribution is 2.42. The molecule has 7 nitrogen and oxygen atoms in total. The second-order valence-electron chi connectivity index (χ2n) is 9.75. The smallest absolute Gasteiger partial charge is 0.434 e. The van der Waals surface area contributed by atoms with E-state index in [9.17, 15) is 13.6 Å². The van der Waals surface area contributed by atoms with Crippen molar-refractivity contribution in [2.45, 2.75) is 64.4 Å². The Morgan fingerprint density at radius 3 is 2.59 bits per heavy atom. The van der Waals surface area contributed by atoms with Crippen molar-refractivity contribution in [2.75, 3.05) is 0 Å². The first-order chi connectivity index (χ1) is 16.0. The summed E-state index contributed by atoms with van der Waals surface area (Å²) >= 11 is 0. The minimum atomic E-state index is -3.03. The molecule has 0 bridgehead atoms. The molecule has 0 radical (unpaired) electrons. The molecule has 2 aliphatic rings. The third kappa shape index (κ3) is 3.56. The van der Waals surface area contributed by atoms with Crippen molar-refractivity contribution in [1.29, 1.82) is 0 Å². The fourth-order valence-corrected chi connectivity index (χ4v) is 4.78. The molecule has 1 saturated heterocycles. The van der Waals surface area contributed by atoms with E-state index in [2.05, 4.69) is 0 Å². The maximum Gasteiger partial charge on any atom is 0.494 e. The molecule has 0 unspecified atom stereocenters. The van der Waals surface area contributed by atoms with Crippen molar-refractivity contribution < 1.29 is 29.0 Å². The predicted octanol–water partition coefficient (Wildman–Crippen LogP) is 3.82. The molecule has 2 N–H and O–H groups in total. The van der Waals surface area contributed by atoms with Gasteiger partial charge in [-0.1, -0.05) is 12.1 Å². The second kappa shape index (κ2) is 7.78. The number of alkyl halides is 2. The molecule has 180 valence electrons. The van der Waals surface area contributed by atoms with E-state index in [-0.39, 0.29) is 12.7 Å². The summed E-state index contributed by atoms with van der Waals surface area (Å²) in [4.78, 5) is 16.9. The highest BCUT2D eigenvalue weighted by atomic mass is 19.3. The quantitative estimate of drug-likeness (QED) is 0.572. The van der Waals surface area contributed by atoms with Crippen LogP contribution in [0.15, 0.2) is 36.4 Å². The number of imidazole rings is 1. The molecular formula is C24H28BF2N3O4. The third-order valence-electron chi connectivity index (χ3n) is 7.15. The van der Waals surface area contributed by atoms with Crippen LogP contribution >= 0.6 is 0 Å². The number of hydrogen-bond donors (Lipinski definition) is 1. The molecule has 1 aromatic heterocycles. The molecule has 0 saturated carbocycles. The Kier molecular flexibility index (Phi) is 5.22. The molecule has 5 rings (SSSR count). The number of amides is 1. The lowest BCUT2D eigenvalue weighted by atomic mass is 9.79. The summed E-state index contributed by atoms with van der Waals surface area (Å²) in [5.41, 5.74) is 7.50. The van der Waals surface area contributed by atoms with Crippen molar-refractivity contribution in [3.8, 4) is 5.75 Å². The summed E-state index contributed by atoms with van der Waals surface area (Å²) in [5.74, 6) is 0.0342. The highest BCUT2D eigenvalue weighted by molar-refractivity contribution is 6.62. The third-order valence-corrected chi connectivity index (χ3v) is 7.15. The molecule has 0 aliphatic carbocycles. The number of fused-ring (bicyclic) bond motifs is 3. The fraction of sp³-hybridized carbons (Fsp3) is 0.417. The van der Waals surface area contributed by atoms with Crippen molar-refractivity contribution in [2.24, 2.45) is 5.73 Å². The van der Waals surface area contributed by atoms with Gasteiger partial charge in [0.15, 0.2) is 0 Å². The van der Waals surface area contributed by atoms with E-state index >= 15 is 0 Å². The maximum atomic E-state index is 13.2. The zero-order valence-electron chi connectivity index (χ0n) is 19.5. The van der Waals surface area contributed by atoms with E-state index in [1.807, 2.05) is 50.5 Å². The maximum absolute atomic E-state index is 13.2. The number of hydrogen-bond acceptors (Lipinski definition) is 5. The Labute approximate surface area is 197 Å². The van der Waals surface area contributed by atoms with Gasteiger partial charge in [-0.25, -0.2) is 4.98 Å². The molecule has 1 fully saturated rings. The molecular weight excluding hydrogens is 443 g/mol. The van der Waals surface area contributed by atoms with Gasteiger partial charge in [0.05, 0.1) is 28.3 Å². The van der Waals surface area contributed by atoms with Crippen molar-refractivity contribution in [3.05, 3.63) is 53.3 Å². The number of primary amides is 1. The summed E-state index contributed by atoms with van der Waals surface area (Å²) < 4.78 is 45.5. The van der Waals surface area contributed by atoms with Crippen LogP contribution in [-0.2, 0) is 15.7 Å². The lowest BCUT2D eigenvalue weighted by Crippen LogP contribution is -2.41. The summed E-state index contributed by atoms with van der Waals surface area (Å²) in [6.45, 7) is 4.93. The van der Waals surface area contributed by atoms with Crippen LogP contribution in [0.3, 0.4) is 0 Å². The Bertz CT molecular complexity index is 1280. The Hall–Kier alpha value is -2.98. The number of carbonyl (C=O) groups excluding carboxylic acids is 1. The monoisotopic (exact) mass is 471 g/mol. The van der Waals surface area contributed by atoms with Crippen molar-refractivity contribution in [3.63, 3.8) is 0 Å². The Morgan fingerprint density at radius 1 is 1.24 bits per heavy atom. The van der Waals surface area contributed by atoms with Crippen LogP contribution in [0.1, 0.15) is 63.3 Å². The molecule has 3 heterocycles. The van der Waals surface area contributed by atoms with Gasteiger partial charge in [0, 0.05) is 19.0 Å². The fourth-order valence-electron chi connectivity index (χ4n) is 4.78. The number of ether oxygens (including phenoxy) is 1. The number of carbonyl (C=O) groups is 1. The minimum Gasteiger partial charge on any atom is -0.434 e. The molecule has 0 spiro atoms. The van der Waals surface area contributed by atoms with Gasteiger partial charge in [0.1, 0.15) is 11.6 Å². The van der Waals surface area contributed by atoms with Gasteiger partial charge in [-0.15, -0.1) is 0 Å². The molecule has 2 aliphatic heterocycles. The van der Waals surface area contributed by atoms with Crippen molar-refractivity contribution in [1.82, 2.24) is 9.55 Å². The molecule has 10 heteroatoms. The lowest BCUT2D eigenvalue weighted by Gasteiger charge is -2.32. The molecule has 2 aromatic carbocycles. The first-order valence-electron chi connectivity index (χ1n) is 11.2. The number of rotatable bonds is 5. The Morgan fingerprint density at radius 2 is 1.94 bits per heavy atom. The molecule has 1 amide bonds. The number of nitrogens with zero attached hydrogens (tertiary/aromatic N) is 2. The number of aromatic nitrogens is 2.